The number of benzene rings is 1. The molecular formula is C21H20N6O2. The minimum absolute atomic E-state index is 0.0493. The van der Waals surface area contributed by atoms with Gasteiger partial charge in [0.25, 0.3) is 5.56 Å². The van der Waals surface area contributed by atoms with Gasteiger partial charge in [0, 0.05) is 45.2 Å². The molecule has 0 unspecified atom stereocenters. The van der Waals surface area contributed by atoms with Gasteiger partial charge in [-0.15, -0.1) is 0 Å². The van der Waals surface area contributed by atoms with Gasteiger partial charge in [-0.3, -0.25) is 9.59 Å². The topological polar surface area (TPSA) is 106 Å². The van der Waals surface area contributed by atoms with Crippen LogP contribution in [0.3, 0.4) is 0 Å². The molecule has 1 aromatic carbocycles. The summed E-state index contributed by atoms with van der Waals surface area (Å²) < 4.78 is 0. The first-order valence-corrected chi connectivity index (χ1v) is 9.51. The number of carbonyl (C=O) groups is 1. The summed E-state index contributed by atoms with van der Waals surface area (Å²) in [4.78, 5) is 40.2. The first kappa shape index (κ1) is 18.6. The minimum atomic E-state index is -0.179. The van der Waals surface area contributed by atoms with Crippen LogP contribution in [0.15, 0.2) is 47.4 Å². The van der Waals surface area contributed by atoms with Crippen LogP contribution in [0.4, 0.5) is 5.82 Å². The Kier molecular flexibility index (Phi) is 5.20. The van der Waals surface area contributed by atoms with Gasteiger partial charge in [-0.05, 0) is 24.3 Å². The lowest BCUT2D eigenvalue weighted by Gasteiger charge is -2.35. The number of nitriles is 1. The molecule has 1 aliphatic heterocycles. The Morgan fingerprint density at radius 2 is 1.93 bits per heavy atom. The lowest BCUT2D eigenvalue weighted by atomic mass is 10.2. The molecule has 2 aromatic heterocycles. The maximum Gasteiger partial charge on any atom is 0.258 e. The molecule has 0 bridgehead atoms. The number of fused-ring (bicyclic) bond motifs is 1. The average molecular weight is 388 g/mol. The predicted molar refractivity (Wildman–Crippen MR) is 108 cm³/mol. The van der Waals surface area contributed by atoms with Crippen molar-refractivity contribution < 1.29 is 4.79 Å². The summed E-state index contributed by atoms with van der Waals surface area (Å²) in [6, 6.07) is 12.8. The molecule has 4 rings (SSSR count). The zero-order chi connectivity index (χ0) is 20.2. The van der Waals surface area contributed by atoms with Crippen LogP contribution in [0.25, 0.3) is 10.9 Å². The van der Waals surface area contributed by atoms with Crippen molar-refractivity contribution in [2.24, 2.45) is 0 Å². The molecule has 0 atom stereocenters. The number of rotatable bonds is 4. The number of nitrogens with one attached hydrogen (secondary N) is 1. The highest BCUT2D eigenvalue weighted by atomic mass is 16.2. The largest absolute Gasteiger partial charge is 0.353 e. The van der Waals surface area contributed by atoms with Crippen LogP contribution in [-0.2, 0) is 11.2 Å². The SMILES string of the molecule is N#Cc1ccc(N2CCN(C(=O)CCc3nc4ccccc4c(=O)[nH]3)CC2)nc1. The molecule has 0 spiro atoms. The summed E-state index contributed by atoms with van der Waals surface area (Å²) in [5.41, 5.74) is 0.992. The van der Waals surface area contributed by atoms with E-state index >= 15 is 0 Å². The summed E-state index contributed by atoms with van der Waals surface area (Å²) >= 11 is 0. The molecule has 1 fully saturated rings. The quantitative estimate of drug-likeness (QED) is 0.725. The number of pyridine rings is 1. The van der Waals surface area contributed by atoms with Gasteiger partial charge in [0.15, 0.2) is 0 Å². The van der Waals surface area contributed by atoms with E-state index in [0.29, 0.717) is 61.3 Å². The van der Waals surface area contributed by atoms with Gasteiger partial charge in [-0.1, -0.05) is 12.1 Å². The third kappa shape index (κ3) is 4.09. The number of para-hydroxylation sites is 1. The maximum absolute atomic E-state index is 12.6. The predicted octanol–water partition coefficient (Wildman–Crippen LogP) is 1.47. The van der Waals surface area contributed by atoms with E-state index in [1.165, 1.54) is 0 Å². The van der Waals surface area contributed by atoms with E-state index in [2.05, 4.69) is 25.9 Å². The fraction of sp³-hybridized carbons (Fsp3) is 0.286. The van der Waals surface area contributed by atoms with E-state index in [0.717, 1.165) is 5.82 Å². The van der Waals surface area contributed by atoms with Crippen molar-refractivity contribution in [2.45, 2.75) is 12.8 Å². The van der Waals surface area contributed by atoms with Crippen LogP contribution in [0.2, 0.25) is 0 Å². The summed E-state index contributed by atoms with van der Waals surface area (Å²) in [6.07, 6.45) is 2.26. The first-order valence-electron chi connectivity index (χ1n) is 9.51. The van der Waals surface area contributed by atoms with Gasteiger partial charge in [-0.25, -0.2) is 9.97 Å². The van der Waals surface area contributed by atoms with E-state index in [-0.39, 0.29) is 11.5 Å². The number of nitrogens with zero attached hydrogens (tertiary/aromatic N) is 5. The van der Waals surface area contributed by atoms with Gasteiger partial charge >= 0.3 is 0 Å². The van der Waals surface area contributed by atoms with E-state index < -0.39 is 0 Å². The monoisotopic (exact) mass is 388 g/mol. The molecule has 1 N–H and O–H groups in total. The first-order chi connectivity index (χ1) is 14.1. The molecule has 29 heavy (non-hydrogen) atoms. The van der Waals surface area contributed by atoms with Crippen LogP contribution in [0.1, 0.15) is 17.8 Å². The molecule has 0 radical (unpaired) electrons. The highest BCUT2D eigenvalue weighted by Crippen LogP contribution is 2.15. The van der Waals surface area contributed by atoms with Crippen molar-refractivity contribution in [3.8, 4) is 6.07 Å². The van der Waals surface area contributed by atoms with Crippen LogP contribution in [-0.4, -0.2) is 51.9 Å². The number of amides is 1. The van der Waals surface area contributed by atoms with Crippen molar-refractivity contribution in [3.63, 3.8) is 0 Å². The van der Waals surface area contributed by atoms with Crippen LogP contribution < -0.4 is 10.5 Å². The Balaban J connectivity index is 1.33. The Labute approximate surface area is 167 Å². The molecule has 3 heterocycles. The minimum Gasteiger partial charge on any atom is -0.353 e. The van der Waals surface area contributed by atoms with E-state index in [9.17, 15) is 9.59 Å². The van der Waals surface area contributed by atoms with Gasteiger partial charge in [0.1, 0.15) is 17.7 Å². The van der Waals surface area contributed by atoms with Crippen molar-refractivity contribution in [1.29, 1.82) is 5.26 Å². The molecule has 0 saturated carbocycles. The lowest BCUT2D eigenvalue weighted by Crippen LogP contribution is -2.49. The summed E-state index contributed by atoms with van der Waals surface area (Å²) in [5.74, 6) is 1.39. The number of piperazine rings is 1. The number of carbonyl (C=O) groups excluding carboxylic acids is 1. The lowest BCUT2D eigenvalue weighted by molar-refractivity contribution is -0.131. The molecule has 1 aliphatic rings. The third-order valence-electron chi connectivity index (χ3n) is 5.07. The van der Waals surface area contributed by atoms with Crippen molar-refractivity contribution >= 4 is 22.6 Å². The number of aromatic amines is 1. The van der Waals surface area contributed by atoms with Gasteiger partial charge in [0.05, 0.1) is 16.5 Å². The number of aryl methyl sites for hydroxylation is 1. The number of hydrogen-bond donors (Lipinski definition) is 1. The van der Waals surface area contributed by atoms with Crippen LogP contribution in [0.5, 0.6) is 0 Å². The molecule has 3 aromatic rings. The Hall–Kier alpha value is -3.73. The highest BCUT2D eigenvalue weighted by Gasteiger charge is 2.22. The Bertz CT molecular complexity index is 1120. The molecule has 8 nitrogen and oxygen atoms in total. The fourth-order valence-corrected chi connectivity index (χ4v) is 3.46. The number of H-pyrrole nitrogens is 1. The zero-order valence-corrected chi connectivity index (χ0v) is 15.8. The molecular weight excluding hydrogens is 368 g/mol. The smallest absolute Gasteiger partial charge is 0.258 e. The Morgan fingerprint density at radius 3 is 2.66 bits per heavy atom. The summed E-state index contributed by atoms with van der Waals surface area (Å²) in [5, 5.41) is 9.41. The average Bonchev–Trinajstić information content (AvgIpc) is 2.78. The van der Waals surface area contributed by atoms with E-state index in [1.807, 2.05) is 17.0 Å². The van der Waals surface area contributed by atoms with Gasteiger partial charge in [-0.2, -0.15) is 5.26 Å². The Morgan fingerprint density at radius 1 is 1.14 bits per heavy atom. The molecule has 8 heteroatoms. The molecule has 146 valence electrons. The molecule has 1 saturated heterocycles. The van der Waals surface area contributed by atoms with Crippen molar-refractivity contribution in [2.75, 3.05) is 31.1 Å². The second-order valence-electron chi connectivity index (χ2n) is 6.91. The normalized spacial score (nSPS) is 14.0. The van der Waals surface area contributed by atoms with Crippen molar-refractivity contribution in [1.82, 2.24) is 19.9 Å². The second kappa shape index (κ2) is 8.10. The second-order valence-corrected chi connectivity index (χ2v) is 6.91. The summed E-state index contributed by atoms with van der Waals surface area (Å²) in [6.45, 7) is 2.61. The van der Waals surface area contributed by atoms with Crippen molar-refractivity contribution in [3.05, 3.63) is 64.3 Å². The summed E-state index contributed by atoms with van der Waals surface area (Å²) in [7, 11) is 0. The van der Waals surface area contributed by atoms with Crippen LogP contribution >= 0.6 is 0 Å². The third-order valence-corrected chi connectivity index (χ3v) is 5.07. The van der Waals surface area contributed by atoms with E-state index in [1.54, 1.807) is 30.5 Å². The van der Waals surface area contributed by atoms with Gasteiger partial charge < -0.3 is 14.8 Å². The van der Waals surface area contributed by atoms with E-state index in [4.69, 9.17) is 5.26 Å². The fourth-order valence-electron chi connectivity index (χ4n) is 3.46. The number of hydrogen-bond acceptors (Lipinski definition) is 6. The number of aromatic nitrogens is 3. The molecule has 1 amide bonds. The maximum atomic E-state index is 12.6. The highest BCUT2D eigenvalue weighted by molar-refractivity contribution is 5.78. The molecule has 0 aliphatic carbocycles. The standard InChI is InChI=1S/C21H20N6O2/c22-13-15-5-7-19(23-14-15)26-9-11-27(12-10-26)20(28)8-6-18-24-17-4-2-1-3-16(17)21(29)25-18/h1-5,7,14H,6,8-12H2,(H,24,25,29). The zero-order valence-electron chi connectivity index (χ0n) is 15.8. The number of anilines is 1. The van der Waals surface area contributed by atoms with Crippen LogP contribution in [0, 0.1) is 11.3 Å². The van der Waals surface area contributed by atoms with Gasteiger partial charge in [0.2, 0.25) is 5.91 Å².